The fourth-order valence-corrected chi connectivity index (χ4v) is 7.41. The van der Waals surface area contributed by atoms with Crippen LogP contribution in [0.2, 0.25) is 0 Å². The highest BCUT2D eigenvalue weighted by molar-refractivity contribution is 5.12. The number of rotatable bonds is 15. The topological polar surface area (TPSA) is 0 Å². The van der Waals surface area contributed by atoms with E-state index in [9.17, 15) is 0 Å². The van der Waals surface area contributed by atoms with Crippen LogP contribution in [-0.2, 0) is 0 Å². The quantitative estimate of drug-likeness (QED) is 0.213. The molecule has 0 amide bonds. The molecule has 0 saturated heterocycles. The van der Waals surface area contributed by atoms with E-state index in [1.165, 1.54) is 64.2 Å². The van der Waals surface area contributed by atoms with Gasteiger partial charge in [0.05, 0.1) is 0 Å². The zero-order valence-electron chi connectivity index (χ0n) is 25.5. The molecule has 1 saturated carbocycles. The number of hydrogen-bond donors (Lipinski definition) is 0. The summed E-state index contributed by atoms with van der Waals surface area (Å²) in [4.78, 5) is 0. The van der Waals surface area contributed by atoms with Crippen LogP contribution >= 0.6 is 0 Å². The molecule has 196 valence electrons. The van der Waals surface area contributed by atoms with Crippen molar-refractivity contribution in [3.8, 4) is 0 Å². The molecule has 33 heavy (non-hydrogen) atoms. The molecule has 1 aliphatic carbocycles. The average molecular weight is 461 g/mol. The molecule has 0 aromatic rings. The highest BCUT2D eigenvalue weighted by atomic mass is 14.7. The molecule has 0 aliphatic heterocycles. The van der Waals surface area contributed by atoms with E-state index in [4.69, 9.17) is 0 Å². The molecule has 1 rings (SSSR count). The van der Waals surface area contributed by atoms with E-state index >= 15 is 0 Å². The summed E-state index contributed by atoms with van der Waals surface area (Å²) in [6.45, 7) is 32.0. The van der Waals surface area contributed by atoms with Crippen LogP contribution in [0.5, 0.6) is 0 Å². The third-order valence-corrected chi connectivity index (χ3v) is 9.83. The van der Waals surface area contributed by atoms with Crippen molar-refractivity contribution < 1.29 is 0 Å². The van der Waals surface area contributed by atoms with E-state index < -0.39 is 0 Å². The Balaban J connectivity index is 3.07. The predicted octanol–water partition coefficient (Wildman–Crippen LogP) is 11.5. The van der Waals surface area contributed by atoms with Crippen LogP contribution in [-0.4, -0.2) is 0 Å². The summed E-state index contributed by atoms with van der Waals surface area (Å²) in [6.07, 6.45) is 16.3. The summed E-state index contributed by atoms with van der Waals surface area (Å²) < 4.78 is 0. The summed E-state index contributed by atoms with van der Waals surface area (Å²) in [5.41, 5.74) is 3.45. The lowest BCUT2D eigenvalue weighted by molar-refractivity contribution is 0.0741. The SMILES string of the molecule is CCCCC(C/C(C)=C/C(C)(C)C)C(C)CC(C)(CCCC)C(C)CC1(C(C)C)CC1(C)C. The van der Waals surface area contributed by atoms with Gasteiger partial charge in [-0.05, 0) is 90.8 Å². The first-order valence-electron chi connectivity index (χ1n) is 14.7. The fourth-order valence-electron chi connectivity index (χ4n) is 7.41. The van der Waals surface area contributed by atoms with Crippen LogP contribution in [0.3, 0.4) is 0 Å². The van der Waals surface area contributed by atoms with Gasteiger partial charge in [0.2, 0.25) is 0 Å². The Hall–Kier alpha value is -0.260. The molecular weight excluding hydrogens is 396 g/mol. The molecule has 1 fully saturated rings. The predicted molar refractivity (Wildman–Crippen MR) is 152 cm³/mol. The van der Waals surface area contributed by atoms with Crippen LogP contribution in [0.1, 0.15) is 154 Å². The number of allylic oxidation sites excluding steroid dienone is 2. The third kappa shape index (κ3) is 8.72. The van der Waals surface area contributed by atoms with Gasteiger partial charge in [0.1, 0.15) is 0 Å². The zero-order chi connectivity index (χ0) is 25.7. The Labute approximate surface area is 211 Å². The Kier molecular flexibility index (Phi) is 11.3. The minimum atomic E-state index is 0.287. The largest absolute Gasteiger partial charge is 0.0802 e. The van der Waals surface area contributed by atoms with Gasteiger partial charge < -0.3 is 0 Å². The highest BCUT2D eigenvalue weighted by Gasteiger charge is 2.63. The van der Waals surface area contributed by atoms with Gasteiger partial charge in [-0.2, -0.15) is 0 Å². The standard InChI is InChI=1S/C33H64/c1-14-16-18-29(20-26(5)21-30(8,9)10)27(6)22-32(13,19-17-15-2)28(7)23-33(25(3)4)24-31(33,11)12/h21,25,27-29H,14-20,22-24H2,1-13H3/b26-21+. The Bertz CT molecular complexity index is 600. The maximum absolute atomic E-state index is 2.67. The van der Waals surface area contributed by atoms with Crippen LogP contribution in [0, 0.1) is 45.3 Å². The second kappa shape index (κ2) is 12.1. The molecule has 0 nitrogen and oxygen atoms in total. The first-order chi connectivity index (χ1) is 15.0. The summed E-state index contributed by atoms with van der Waals surface area (Å²) in [5.74, 6) is 3.22. The minimum absolute atomic E-state index is 0.287. The van der Waals surface area contributed by atoms with Crippen LogP contribution < -0.4 is 0 Å². The van der Waals surface area contributed by atoms with Gasteiger partial charge in [-0.15, -0.1) is 0 Å². The monoisotopic (exact) mass is 461 g/mol. The molecule has 0 spiro atoms. The van der Waals surface area contributed by atoms with Gasteiger partial charge in [-0.3, -0.25) is 0 Å². The van der Waals surface area contributed by atoms with Gasteiger partial charge >= 0.3 is 0 Å². The zero-order valence-corrected chi connectivity index (χ0v) is 25.5. The minimum Gasteiger partial charge on any atom is -0.0802 e. The molecule has 0 aromatic carbocycles. The van der Waals surface area contributed by atoms with Crippen LogP contribution in [0.25, 0.3) is 0 Å². The molecule has 0 N–H and O–H groups in total. The summed E-state index contributed by atoms with van der Waals surface area (Å²) in [7, 11) is 0. The molecule has 5 unspecified atom stereocenters. The highest BCUT2D eigenvalue weighted by Crippen LogP contribution is 2.71. The maximum atomic E-state index is 2.67. The van der Waals surface area contributed by atoms with E-state index in [1.54, 1.807) is 5.57 Å². The molecule has 0 aromatic heterocycles. The number of hydrogen-bond acceptors (Lipinski definition) is 0. The second-order valence-corrected chi connectivity index (χ2v) is 14.9. The Morgan fingerprint density at radius 2 is 1.48 bits per heavy atom. The van der Waals surface area contributed by atoms with Crippen molar-refractivity contribution >= 4 is 0 Å². The van der Waals surface area contributed by atoms with Crippen molar-refractivity contribution in [3.05, 3.63) is 11.6 Å². The second-order valence-electron chi connectivity index (χ2n) is 14.9. The van der Waals surface area contributed by atoms with E-state index in [2.05, 4.69) is 96.1 Å². The van der Waals surface area contributed by atoms with Crippen molar-refractivity contribution in [2.45, 2.75) is 154 Å². The Morgan fingerprint density at radius 1 is 0.939 bits per heavy atom. The molecular formula is C33H64. The molecule has 0 heteroatoms. The molecule has 5 atom stereocenters. The van der Waals surface area contributed by atoms with Gasteiger partial charge in [0, 0.05) is 0 Å². The van der Waals surface area contributed by atoms with E-state index in [0.29, 0.717) is 16.2 Å². The third-order valence-electron chi connectivity index (χ3n) is 9.83. The van der Waals surface area contributed by atoms with Crippen molar-refractivity contribution in [2.24, 2.45) is 45.3 Å². The first-order valence-corrected chi connectivity index (χ1v) is 14.7. The van der Waals surface area contributed by atoms with Crippen LogP contribution in [0.15, 0.2) is 11.6 Å². The first kappa shape index (κ1) is 30.8. The average Bonchev–Trinajstić information content (AvgIpc) is 3.23. The van der Waals surface area contributed by atoms with Crippen LogP contribution in [0.4, 0.5) is 0 Å². The maximum Gasteiger partial charge on any atom is -0.0201 e. The normalized spacial score (nSPS) is 25.6. The smallest absolute Gasteiger partial charge is 0.0201 e. The van der Waals surface area contributed by atoms with E-state index in [1.807, 2.05) is 0 Å². The Morgan fingerprint density at radius 3 is 1.91 bits per heavy atom. The molecule has 0 bridgehead atoms. The van der Waals surface area contributed by atoms with Gasteiger partial charge in [0.25, 0.3) is 0 Å². The summed E-state index contributed by atoms with van der Waals surface area (Å²) >= 11 is 0. The molecule has 1 aliphatic rings. The van der Waals surface area contributed by atoms with Gasteiger partial charge in [-0.1, -0.05) is 120 Å². The van der Waals surface area contributed by atoms with Crippen molar-refractivity contribution in [2.75, 3.05) is 0 Å². The van der Waals surface area contributed by atoms with E-state index in [0.717, 1.165) is 23.7 Å². The molecule has 0 heterocycles. The van der Waals surface area contributed by atoms with Gasteiger partial charge in [0.15, 0.2) is 0 Å². The van der Waals surface area contributed by atoms with E-state index in [-0.39, 0.29) is 5.41 Å². The summed E-state index contributed by atoms with van der Waals surface area (Å²) in [5, 5.41) is 0. The van der Waals surface area contributed by atoms with Crippen molar-refractivity contribution in [3.63, 3.8) is 0 Å². The van der Waals surface area contributed by atoms with Gasteiger partial charge in [-0.25, -0.2) is 0 Å². The fraction of sp³-hybridized carbons (Fsp3) is 0.939. The summed E-state index contributed by atoms with van der Waals surface area (Å²) in [6, 6.07) is 0. The lowest BCUT2D eigenvalue weighted by Crippen LogP contribution is -2.33. The lowest BCUT2D eigenvalue weighted by Gasteiger charge is -2.43. The van der Waals surface area contributed by atoms with Crippen molar-refractivity contribution in [1.82, 2.24) is 0 Å². The van der Waals surface area contributed by atoms with Crippen molar-refractivity contribution in [1.29, 1.82) is 0 Å². The molecule has 0 radical (unpaired) electrons. The number of unbranched alkanes of at least 4 members (excludes halogenated alkanes) is 2. The lowest BCUT2D eigenvalue weighted by atomic mass is 9.62.